The van der Waals surface area contributed by atoms with Gasteiger partial charge < -0.3 is 15.4 Å². The summed E-state index contributed by atoms with van der Waals surface area (Å²) in [5.41, 5.74) is 5.50. The van der Waals surface area contributed by atoms with Gasteiger partial charge in [-0.05, 0) is 12.1 Å². The van der Waals surface area contributed by atoms with E-state index in [1.165, 1.54) is 0 Å². The van der Waals surface area contributed by atoms with Crippen molar-refractivity contribution in [2.24, 2.45) is 5.73 Å². The van der Waals surface area contributed by atoms with Gasteiger partial charge in [0.05, 0.1) is 16.6 Å². The number of ether oxygens (including phenoxy) is 1. The average Bonchev–Trinajstić information content (AvgIpc) is 2.30. The maximum absolute atomic E-state index is 5.80. The molecular formula is C11H16ClN3OS. The lowest BCUT2D eigenvalue weighted by Gasteiger charge is -2.23. The van der Waals surface area contributed by atoms with E-state index >= 15 is 0 Å². The van der Waals surface area contributed by atoms with Crippen LogP contribution < -0.4 is 10.6 Å². The summed E-state index contributed by atoms with van der Waals surface area (Å²) in [7, 11) is 1.67. The molecule has 0 aromatic carbocycles. The van der Waals surface area contributed by atoms with Crippen LogP contribution >= 0.6 is 23.8 Å². The zero-order valence-electron chi connectivity index (χ0n) is 9.73. The van der Waals surface area contributed by atoms with Gasteiger partial charge in [0.2, 0.25) is 0 Å². The number of nitrogens with two attached hydrogens (primary N) is 1. The van der Waals surface area contributed by atoms with Crippen LogP contribution in [0.15, 0.2) is 18.3 Å². The molecule has 6 heteroatoms. The molecule has 0 aliphatic carbocycles. The Morgan fingerprint density at radius 2 is 2.29 bits per heavy atom. The van der Waals surface area contributed by atoms with Gasteiger partial charge >= 0.3 is 0 Å². The molecule has 1 rings (SSSR count). The van der Waals surface area contributed by atoms with Crippen LogP contribution in [-0.4, -0.2) is 36.8 Å². The number of halogens is 1. The van der Waals surface area contributed by atoms with Crippen LogP contribution in [0.2, 0.25) is 5.02 Å². The van der Waals surface area contributed by atoms with E-state index in [1.54, 1.807) is 13.3 Å². The predicted molar refractivity (Wildman–Crippen MR) is 74.7 cm³/mol. The van der Waals surface area contributed by atoms with Gasteiger partial charge in [-0.25, -0.2) is 4.98 Å². The minimum atomic E-state index is 0.501. The quantitative estimate of drug-likeness (QED) is 0.769. The summed E-state index contributed by atoms with van der Waals surface area (Å²) in [5, 5.41) is 0.620. The van der Waals surface area contributed by atoms with Gasteiger partial charge in [-0.3, -0.25) is 0 Å². The Morgan fingerprint density at radius 1 is 1.53 bits per heavy atom. The van der Waals surface area contributed by atoms with Gasteiger partial charge in [0.1, 0.15) is 5.82 Å². The molecule has 94 valence electrons. The lowest BCUT2D eigenvalue weighted by molar-refractivity contribution is 0.205. The van der Waals surface area contributed by atoms with Crippen LogP contribution in [0.1, 0.15) is 6.42 Å². The summed E-state index contributed by atoms with van der Waals surface area (Å²) in [6, 6.07) is 3.68. The Hall–Kier alpha value is -0.910. The van der Waals surface area contributed by atoms with Crippen LogP contribution in [0.4, 0.5) is 5.82 Å². The molecule has 1 aromatic rings. The lowest BCUT2D eigenvalue weighted by atomic mass is 10.3. The third kappa shape index (κ3) is 5.30. The molecule has 17 heavy (non-hydrogen) atoms. The van der Waals surface area contributed by atoms with E-state index in [0.717, 1.165) is 18.9 Å². The molecule has 0 spiro atoms. The summed E-state index contributed by atoms with van der Waals surface area (Å²) < 4.78 is 5.06. The monoisotopic (exact) mass is 273 g/mol. The van der Waals surface area contributed by atoms with Crippen LogP contribution in [0.25, 0.3) is 0 Å². The van der Waals surface area contributed by atoms with Crippen LogP contribution in [0, 0.1) is 0 Å². The molecule has 0 saturated heterocycles. The highest BCUT2D eigenvalue weighted by molar-refractivity contribution is 7.80. The van der Waals surface area contributed by atoms with Crippen molar-refractivity contribution in [2.75, 3.05) is 31.7 Å². The first kappa shape index (κ1) is 14.2. The van der Waals surface area contributed by atoms with Gasteiger partial charge in [-0.15, -0.1) is 0 Å². The fraction of sp³-hybridized carbons (Fsp3) is 0.455. The summed E-state index contributed by atoms with van der Waals surface area (Å²) in [6.07, 6.45) is 2.28. The molecule has 2 N–H and O–H groups in total. The molecular weight excluding hydrogens is 258 g/mol. The molecule has 0 bridgehead atoms. The summed E-state index contributed by atoms with van der Waals surface area (Å²) in [4.78, 5) is 6.83. The van der Waals surface area contributed by atoms with E-state index in [0.29, 0.717) is 23.0 Å². The number of methoxy groups -OCH3 is 1. The highest BCUT2D eigenvalue weighted by Gasteiger charge is 2.07. The first-order chi connectivity index (χ1) is 8.13. The minimum Gasteiger partial charge on any atom is -0.393 e. The Bertz CT molecular complexity index is 358. The highest BCUT2D eigenvalue weighted by Crippen LogP contribution is 2.14. The van der Waals surface area contributed by atoms with Crippen molar-refractivity contribution in [2.45, 2.75) is 6.42 Å². The lowest BCUT2D eigenvalue weighted by Crippen LogP contribution is -2.31. The largest absolute Gasteiger partial charge is 0.393 e. The number of thiocarbonyl (C=S) groups is 1. The zero-order valence-corrected chi connectivity index (χ0v) is 11.3. The number of pyridine rings is 1. The van der Waals surface area contributed by atoms with Crippen molar-refractivity contribution in [1.82, 2.24) is 4.98 Å². The SMILES string of the molecule is COCCN(CCC(N)=S)c1ccc(Cl)cn1. The average molecular weight is 274 g/mol. The number of hydrogen-bond donors (Lipinski definition) is 1. The molecule has 0 unspecified atom stereocenters. The molecule has 1 aromatic heterocycles. The molecule has 0 aliphatic rings. The second-order valence-corrected chi connectivity index (χ2v) is 4.49. The number of anilines is 1. The van der Waals surface area contributed by atoms with E-state index in [2.05, 4.69) is 9.88 Å². The summed E-state index contributed by atoms with van der Waals surface area (Å²) >= 11 is 10.7. The molecule has 0 radical (unpaired) electrons. The molecule has 1 heterocycles. The van der Waals surface area contributed by atoms with E-state index in [9.17, 15) is 0 Å². The standard InChI is InChI=1S/C11H16ClN3OS/c1-16-7-6-15(5-4-10(13)17)11-3-2-9(12)8-14-11/h2-3,8H,4-7H2,1H3,(H2,13,17). The molecule has 4 nitrogen and oxygen atoms in total. The van der Waals surface area contributed by atoms with E-state index in [-0.39, 0.29) is 0 Å². The predicted octanol–water partition coefficient (Wildman–Crippen LogP) is 1.86. The van der Waals surface area contributed by atoms with Crippen molar-refractivity contribution in [3.05, 3.63) is 23.4 Å². The van der Waals surface area contributed by atoms with Crippen LogP contribution in [0.5, 0.6) is 0 Å². The first-order valence-corrected chi connectivity index (χ1v) is 6.06. The minimum absolute atomic E-state index is 0.501. The topological polar surface area (TPSA) is 51.4 Å². The zero-order chi connectivity index (χ0) is 12.7. The molecule has 0 atom stereocenters. The van der Waals surface area contributed by atoms with Crippen molar-refractivity contribution in [1.29, 1.82) is 0 Å². The van der Waals surface area contributed by atoms with E-state index < -0.39 is 0 Å². The fourth-order valence-electron chi connectivity index (χ4n) is 1.34. The van der Waals surface area contributed by atoms with Crippen molar-refractivity contribution >= 4 is 34.6 Å². The van der Waals surface area contributed by atoms with Gasteiger partial charge in [0.25, 0.3) is 0 Å². The molecule has 0 fully saturated rings. The van der Waals surface area contributed by atoms with Gasteiger partial charge in [-0.1, -0.05) is 23.8 Å². The molecule has 0 aliphatic heterocycles. The number of hydrogen-bond acceptors (Lipinski definition) is 4. The summed E-state index contributed by atoms with van der Waals surface area (Å²) in [5.74, 6) is 0.850. The molecule has 0 amide bonds. The Morgan fingerprint density at radius 3 is 2.82 bits per heavy atom. The number of aromatic nitrogens is 1. The second-order valence-electron chi connectivity index (χ2n) is 3.53. The Balaban J connectivity index is 2.67. The van der Waals surface area contributed by atoms with Crippen molar-refractivity contribution in [3.8, 4) is 0 Å². The van der Waals surface area contributed by atoms with Crippen molar-refractivity contribution < 1.29 is 4.74 Å². The first-order valence-electron chi connectivity index (χ1n) is 5.27. The highest BCUT2D eigenvalue weighted by atomic mass is 35.5. The van der Waals surface area contributed by atoms with Crippen molar-refractivity contribution in [3.63, 3.8) is 0 Å². The fourth-order valence-corrected chi connectivity index (χ4v) is 1.55. The summed E-state index contributed by atoms with van der Waals surface area (Å²) in [6.45, 7) is 2.10. The Kier molecular flexibility index (Phi) is 6.18. The van der Waals surface area contributed by atoms with Gasteiger partial charge in [0, 0.05) is 32.8 Å². The van der Waals surface area contributed by atoms with Gasteiger partial charge in [-0.2, -0.15) is 0 Å². The van der Waals surface area contributed by atoms with E-state index in [1.807, 2.05) is 12.1 Å². The normalized spacial score (nSPS) is 10.2. The maximum atomic E-state index is 5.80. The van der Waals surface area contributed by atoms with Crippen LogP contribution in [-0.2, 0) is 4.74 Å². The van der Waals surface area contributed by atoms with Crippen LogP contribution in [0.3, 0.4) is 0 Å². The van der Waals surface area contributed by atoms with Gasteiger partial charge in [0.15, 0.2) is 0 Å². The second kappa shape index (κ2) is 7.42. The van der Waals surface area contributed by atoms with E-state index in [4.69, 9.17) is 34.3 Å². The number of rotatable bonds is 7. The Labute approximate surface area is 112 Å². The smallest absolute Gasteiger partial charge is 0.128 e. The third-order valence-corrected chi connectivity index (χ3v) is 2.66. The maximum Gasteiger partial charge on any atom is 0.128 e. The number of nitrogens with zero attached hydrogens (tertiary/aromatic N) is 2. The molecule has 0 saturated carbocycles. The third-order valence-electron chi connectivity index (χ3n) is 2.23.